The van der Waals surface area contributed by atoms with E-state index < -0.39 is 0 Å². The molecule has 0 amide bonds. The average molecular weight is 442 g/mol. The summed E-state index contributed by atoms with van der Waals surface area (Å²) in [7, 11) is 0. The van der Waals surface area contributed by atoms with E-state index in [-0.39, 0.29) is 17.2 Å². The Hall–Kier alpha value is -4.12. The largest absolute Gasteiger partial charge is 0.508 e. The van der Waals surface area contributed by atoms with Gasteiger partial charge in [0.2, 0.25) is 0 Å². The first-order valence-corrected chi connectivity index (χ1v) is 10.7. The van der Waals surface area contributed by atoms with Gasteiger partial charge >= 0.3 is 0 Å². The summed E-state index contributed by atoms with van der Waals surface area (Å²) in [4.78, 5) is 2.02. The van der Waals surface area contributed by atoms with E-state index in [0.29, 0.717) is 11.5 Å². The van der Waals surface area contributed by atoms with Crippen molar-refractivity contribution in [3.8, 4) is 28.7 Å². The van der Waals surface area contributed by atoms with Crippen LogP contribution in [0, 0.1) is 27.7 Å². The van der Waals surface area contributed by atoms with Gasteiger partial charge < -0.3 is 25.0 Å². The fourth-order valence-corrected chi connectivity index (χ4v) is 3.87. The molecule has 4 aromatic carbocycles. The first-order chi connectivity index (χ1) is 15.7. The molecule has 3 N–H and O–H groups in total. The van der Waals surface area contributed by atoms with Crippen molar-refractivity contribution < 1.29 is 20.1 Å². The van der Waals surface area contributed by atoms with Gasteiger partial charge in [0.25, 0.3) is 0 Å². The van der Waals surface area contributed by atoms with Gasteiger partial charge in [-0.25, -0.2) is 0 Å². The second-order valence-electron chi connectivity index (χ2n) is 8.31. The van der Waals surface area contributed by atoms with E-state index in [1.807, 2.05) is 87.2 Å². The van der Waals surface area contributed by atoms with Crippen molar-refractivity contribution in [1.29, 1.82) is 0 Å². The summed E-state index contributed by atoms with van der Waals surface area (Å²) >= 11 is 0. The van der Waals surface area contributed by atoms with Crippen molar-refractivity contribution >= 4 is 17.1 Å². The molecule has 0 fully saturated rings. The Kier molecular flexibility index (Phi) is 5.88. The van der Waals surface area contributed by atoms with Gasteiger partial charge in [-0.3, -0.25) is 0 Å². The minimum absolute atomic E-state index is 0.0954. The van der Waals surface area contributed by atoms with Crippen molar-refractivity contribution in [3.63, 3.8) is 0 Å². The van der Waals surface area contributed by atoms with Crippen LogP contribution < -0.4 is 9.64 Å². The molecule has 33 heavy (non-hydrogen) atoms. The molecule has 0 saturated heterocycles. The number of rotatable bonds is 5. The summed E-state index contributed by atoms with van der Waals surface area (Å²) in [5, 5.41) is 30.5. The summed E-state index contributed by atoms with van der Waals surface area (Å²) < 4.78 is 6.09. The molecule has 4 aromatic rings. The fraction of sp³-hybridized carbons (Fsp3) is 0.143. The van der Waals surface area contributed by atoms with Crippen LogP contribution in [0.4, 0.5) is 17.1 Å². The summed E-state index contributed by atoms with van der Waals surface area (Å²) in [5.41, 5.74) is 5.83. The normalized spacial score (nSPS) is 10.8. The maximum atomic E-state index is 10.4. The number of hydrogen-bond acceptors (Lipinski definition) is 5. The lowest BCUT2D eigenvalue weighted by molar-refractivity contribution is 0.408. The first kappa shape index (κ1) is 22.1. The third kappa shape index (κ3) is 4.58. The molecular weight excluding hydrogens is 414 g/mol. The van der Waals surface area contributed by atoms with Crippen molar-refractivity contribution in [3.05, 3.63) is 95.1 Å². The summed E-state index contributed by atoms with van der Waals surface area (Å²) in [6.07, 6.45) is 0. The predicted octanol–water partition coefficient (Wildman–Crippen LogP) is 7.30. The maximum Gasteiger partial charge on any atom is 0.171 e. The Balaban J connectivity index is 1.81. The number of anilines is 3. The molecule has 0 aromatic heterocycles. The standard InChI is InChI=1S/C28H27NO4/c1-17-12-20(4)28(27(32)13-17)33-24-7-5-6-21(16-24)29(22-8-10-25(30)18(2)14-22)23-9-11-26(31)19(3)15-23/h5-16,30-32H,1-4H3. The number of hydrogen-bond donors (Lipinski definition) is 3. The van der Waals surface area contributed by atoms with Gasteiger partial charge in [-0.2, -0.15) is 0 Å². The van der Waals surface area contributed by atoms with E-state index in [1.54, 1.807) is 18.2 Å². The van der Waals surface area contributed by atoms with Crippen LogP contribution in [0.1, 0.15) is 22.3 Å². The van der Waals surface area contributed by atoms with Crippen LogP contribution in [0.2, 0.25) is 0 Å². The molecule has 0 heterocycles. The van der Waals surface area contributed by atoms with Crippen molar-refractivity contribution in [1.82, 2.24) is 0 Å². The third-order valence-electron chi connectivity index (χ3n) is 5.57. The number of aryl methyl sites for hydroxylation is 4. The van der Waals surface area contributed by atoms with Crippen LogP contribution in [0.25, 0.3) is 0 Å². The summed E-state index contributed by atoms with van der Waals surface area (Å²) in [6.45, 7) is 7.52. The van der Waals surface area contributed by atoms with Crippen molar-refractivity contribution in [2.75, 3.05) is 4.90 Å². The molecule has 0 bridgehead atoms. The smallest absolute Gasteiger partial charge is 0.171 e. The fourth-order valence-electron chi connectivity index (χ4n) is 3.87. The average Bonchev–Trinajstić information content (AvgIpc) is 2.76. The highest BCUT2D eigenvalue weighted by Crippen LogP contribution is 2.41. The Morgan fingerprint density at radius 1 is 0.576 bits per heavy atom. The molecule has 0 saturated carbocycles. The van der Waals surface area contributed by atoms with E-state index in [2.05, 4.69) is 0 Å². The second-order valence-corrected chi connectivity index (χ2v) is 8.31. The molecule has 168 valence electrons. The Morgan fingerprint density at radius 3 is 1.70 bits per heavy atom. The lowest BCUT2D eigenvalue weighted by Gasteiger charge is -2.27. The predicted molar refractivity (Wildman–Crippen MR) is 132 cm³/mol. The molecule has 0 aliphatic rings. The van der Waals surface area contributed by atoms with Crippen LogP contribution >= 0.6 is 0 Å². The molecule has 0 aliphatic heterocycles. The Bertz CT molecular complexity index is 1260. The van der Waals surface area contributed by atoms with Gasteiger partial charge in [-0.15, -0.1) is 0 Å². The minimum Gasteiger partial charge on any atom is -0.508 e. The quantitative estimate of drug-likeness (QED) is 0.303. The highest BCUT2D eigenvalue weighted by atomic mass is 16.5. The number of phenols is 3. The van der Waals surface area contributed by atoms with Gasteiger partial charge in [-0.05, 0) is 105 Å². The summed E-state index contributed by atoms with van der Waals surface area (Å²) in [5.74, 6) is 1.54. The van der Waals surface area contributed by atoms with E-state index in [1.165, 1.54) is 0 Å². The SMILES string of the molecule is Cc1cc(C)c(Oc2cccc(N(c3ccc(O)c(C)c3)c3ccc(O)c(C)c3)c2)c(O)c1. The van der Waals surface area contributed by atoms with E-state index in [9.17, 15) is 15.3 Å². The lowest BCUT2D eigenvalue weighted by atomic mass is 10.1. The van der Waals surface area contributed by atoms with Crippen LogP contribution in [-0.2, 0) is 0 Å². The molecule has 0 atom stereocenters. The molecule has 5 nitrogen and oxygen atoms in total. The zero-order chi connectivity index (χ0) is 23.7. The number of ether oxygens (including phenoxy) is 1. The highest BCUT2D eigenvalue weighted by molar-refractivity contribution is 5.78. The van der Waals surface area contributed by atoms with Crippen LogP contribution in [-0.4, -0.2) is 15.3 Å². The number of aromatic hydroxyl groups is 3. The van der Waals surface area contributed by atoms with Gasteiger partial charge in [0.15, 0.2) is 11.5 Å². The molecule has 0 unspecified atom stereocenters. The Labute approximate surface area is 193 Å². The van der Waals surface area contributed by atoms with Gasteiger partial charge in [0.05, 0.1) is 0 Å². The molecule has 0 radical (unpaired) electrons. The minimum atomic E-state index is 0.0954. The molecular formula is C28H27NO4. The first-order valence-electron chi connectivity index (χ1n) is 10.7. The van der Waals surface area contributed by atoms with E-state index in [0.717, 1.165) is 39.3 Å². The number of nitrogens with zero attached hydrogens (tertiary/aromatic N) is 1. The van der Waals surface area contributed by atoms with E-state index >= 15 is 0 Å². The highest BCUT2D eigenvalue weighted by Gasteiger charge is 2.16. The van der Waals surface area contributed by atoms with Crippen molar-refractivity contribution in [2.45, 2.75) is 27.7 Å². The number of benzene rings is 4. The molecule has 4 rings (SSSR count). The molecule has 5 heteroatoms. The van der Waals surface area contributed by atoms with Crippen LogP contribution in [0.5, 0.6) is 28.7 Å². The number of phenolic OH excluding ortho intramolecular Hbond substituents is 3. The molecule has 0 aliphatic carbocycles. The van der Waals surface area contributed by atoms with Crippen molar-refractivity contribution in [2.24, 2.45) is 0 Å². The lowest BCUT2D eigenvalue weighted by Crippen LogP contribution is -2.10. The van der Waals surface area contributed by atoms with Crippen LogP contribution in [0.15, 0.2) is 72.8 Å². The molecule has 0 spiro atoms. The Morgan fingerprint density at radius 2 is 1.15 bits per heavy atom. The maximum absolute atomic E-state index is 10.4. The van der Waals surface area contributed by atoms with Crippen LogP contribution in [0.3, 0.4) is 0 Å². The summed E-state index contributed by atoms with van der Waals surface area (Å²) in [6, 6.07) is 22.0. The van der Waals surface area contributed by atoms with Gasteiger partial charge in [0.1, 0.15) is 17.2 Å². The van der Waals surface area contributed by atoms with Gasteiger partial charge in [0, 0.05) is 23.1 Å². The zero-order valence-electron chi connectivity index (χ0n) is 19.1. The third-order valence-corrected chi connectivity index (χ3v) is 5.57. The monoisotopic (exact) mass is 441 g/mol. The van der Waals surface area contributed by atoms with Gasteiger partial charge in [-0.1, -0.05) is 12.1 Å². The zero-order valence-corrected chi connectivity index (χ0v) is 19.1. The topological polar surface area (TPSA) is 73.2 Å². The van der Waals surface area contributed by atoms with E-state index in [4.69, 9.17) is 4.74 Å². The second kappa shape index (κ2) is 8.79.